The lowest BCUT2D eigenvalue weighted by Gasteiger charge is -2.17. The van der Waals surface area contributed by atoms with Gasteiger partial charge in [0.1, 0.15) is 0 Å². The summed E-state index contributed by atoms with van der Waals surface area (Å²) in [5.74, 6) is -0.543. The molecule has 2 aromatic carbocycles. The Kier molecular flexibility index (Phi) is 7.89. The Labute approximate surface area is 171 Å². The van der Waals surface area contributed by atoms with Crippen LogP contribution in [0.15, 0.2) is 58.5 Å². The minimum atomic E-state index is -3.75. The van der Waals surface area contributed by atoms with Crippen LogP contribution in [0.2, 0.25) is 0 Å². The summed E-state index contributed by atoms with van der Waals surface area (Å²) in [6.07, 6.45) is 1.47. The number of benzene rings is 2. The second-order valence-electron chi connectivity index (χ2n) is 6.60. The van der Waals surface area contributed by atoms with Gasteiger partial charge < -0.3 is 10.0 Å². The van der Waals surface area contributed by atoms with Crippen LogP contribution in [-0.4, -0.2) is 63.7 Å². The van der Waals surface area contributed by atoms with Crippen molar-refractivity contribution in [2.45, 2.75) is 11.8 Å². The zero-order valence-corrected chi connectivity index (χ0v) is 17.6. The van der Waals surface area contributed by atoms with Gasteiger partial charge in [-0.2, -0.15) is 9.41 Å². The number of anilines is 1. The second kappa shape index (κ2) is 10.1. The molecule has 0 aliphatic heterocycles. The molecule has 0 aliphatic carbocycles. The van der Waals surface area contributed by atoms with E-state index in [1.165, 1.54) is 25.4 Å². The fourth-order valence-electron chi connectivity index (χ4n) is 2.49. The third kappa shape index (κ3) is 6.38. The van der Waals surface area contributed by atoms with Gasteiger partial charge in [-0.3, -0.25) is 4.79 Å². The average molecular weight is 419 g/mol. The first-order valence-electron chi connectivity index (χ1n) is 9.01. The largest absolute Gasteiger partial charge is 0.395 e. The molecule has 2 N–H and O–H groups in total. The Balaban J connectivity index is 1.91. The third-order valence-electron chi connectivity index (χ3n) is 4.27. The molecular formula is C20H26N4O4S. The van der Waals surface area contributed by atoms with Gasteiger partial charge in [-0.1, -0.05) is 29.8 Å². The molecule has 0 atom stereocenters. The first kappa shape index (κ1) is 22.5. The standard InChI is InChI=1S/C20H26N4O4S/c1-16-4-10-19(11-5-16)29(27,28)24(3)15-20(26)22-21-14-17-6-8-18(9-7-17)23(2)12-13-25/h4-11,14,25H,12-13,15H2,1-3H3,(H,22,26)/b21-14+. The molecule has 2 rings (SSSR count). The summed E-state index contributed by atoms with van der Waals surface area (Å²) in [5, 5.41) is 12.8. The number of hydrogen-bond acceptors (Lipinski definition) is 6. The maximum absolute atomic E-state index is 12.5. The number of carbonyl (C=O) groups is 1. The Morgan fingerprint density at radius 3 is 2.31 bits per heavy atom. The zero-order valence-electron chi connectivity index (χ0n) is 16.7. The number of nitrogens with zero attached hydrogens (tertiary/aromatic N) is 3. The van der Waals surface area contributed by atoms with Crippen molar-refractivity contribution in [3.05, 3.63) is 59.7 Å². The molecule has 156 valence electrons. The third-order valence-corrected chi connectivity index (χ3v) is 6.09. The second-order valence-corrected chi connectivity index (χ2v) is 8.65. The number of hydrazone groups is 1. The number of aryl methyl sites for hydroxylation is 1. The van der Waals surface area contributed by atoms with E-state index in [1.54, 1.807) is 12.1 Å². The van der Waals surface area contributed by atoms with Crippen LogP contribution in [-0.2, 0) is 14.8 Å². The van der Waals surface area contributed by atoms with Crippen molar-refractivity contribution in [1.29, 1.82) is 0 Å². The summed E-state index contributed by atoms with van der Waals surface area (Å²) in [5.41, 5.74) is 5.00. The number of hydrogen-bond donors (Lipinski definition) is 2. The lowest BCUT2D eigenvalue weighted by atomic mass is 10.2. The minimum absolute atomic E-state index is 0.0693. The highest BCUT2D eigenvalue weighted by atomic mass is 32.2. The van der Waals surface area contributed by atoms with Crippen LogP contribution in [0.1, 0.15) is 11.1 Å². The molecule has 0 spiro atoms. The van der Waals surface area contributed by atoms with E-state index < -0.39 is 15.9 Å². The Morgan fingerprint density at radius 2 is 1.72 bits per heavy atom. The molecule has 0 aliphatic rings. The molecule has 1 amide bonds. The van der Waals surface area contributed by atoms with Crippen LogP contribution < -0.4 is 10.3 Å². The number of nitrogens with one attached hydrogen (secondary N) is 1. The molecule has 8 nitrogen and oxygen atoms in total. The Morgan fingerprint density at radius 1 is 1.10 bits per heavy atom. The lowest BCUT2D eigenvalue weighted by molar-refractivity contribution is -0.121. The van der Waals surface area contributed by atoms with Crippen LogP contribution in [0, 0.1) is 6.92 Å². The minimum Gasteiger partial charge on any atom is -0.395 e. The quantitative estimate of drug-likeness (QED) is 0.471. The summed E-state index contributed by atoms with van der Waals surface area (Å²) in [7, 11) is -0.525. The van der Waals surface area contributed by atoms with E-state index >= 15 is 0 Å². The van der Waals surface area contributed by atoms with Crippen LogP contribution in [0.3, 0.4) is 0 Å². The van der Waals surface area contributed by atoms with Gasteiger partial charge >= 0.3 is 0 Å². The number of likely N-dealkylation sites (N-methyl/N-ethyl adjacent to an activating group) is 2. The van der Waals surface area contributed by atoms with Gasteiger partial charge in [-0.05, 0) is 36.8 Å². The van der Waals surface area contributed by atoms with Gasteiger partial charge in [-0.15, -0.1) is 0 Å². The molecule has 0 unspecified atom stereocenters. The zero-order chi connectivity index (χ0) is 21.4. The normalized spacial score (nSPS) is 11.8. The van der Waals surface area contributed by atoms with Gasteiger partial charge in [0.05, 0.1) is 24.3 Å². The Hall–Kier alpha value is -2.75. The first-order chi connectivity index (χ1) is 13.7. The molecule has 0 saturated carbocycles. The van der Waals surface area contributed by atoms with E-state index in [2.05, 4.69) is 10.5 Å². The highest BCUT2D eigenvalue weighted by Gasteiger charge is 2.22. The van der Waals surface area contributed by atoms with E-state index in [-0.39, 0.29) is 18.0 Å². The maximum atomic E-state index is 12.5. The molecular weight excluding hydrogens is 392 g/mol. The smallest absolute Gasteiger partial charge is 0.255 e. The van der Waals surface area contributed by atoms with Crippen molar-refractivity contribution < 1.29 is 18.3 Å². The highest BCUT2D eigenvalue weighted by molar-refractivity contribution is 7.89. The summed E-state index contributed by atoms with van der Waals surface area (Å²) in [6.45, 7) is 2.12. The topological polar surface area (TPSA) is 102 Å². The predicted molar refractivity (Wildman–Crippen MR) is 114 cm³/mol. The monoisotopic (exact) mass is 418 g/mol. The molecule has 0 bridgehead atoms. The molecule has 9 heteroatoms. The van der Waals surface area contributed by atoms with Gasteiger partial charge in [-0.25, -0.2) is 13.8 Å². The summed E-state index contributed by atoms with van der Waals surface area (Å²) >= 11 is 0. The molecule has 29 heavy (non-hydrogen) atoms. The lowest BCUT2D eigenvalue weighted by Crippen LogP contribution is -2.36. The summed E-state index contributed by atoms with van der Waals surface area (Å²) in [4.78, 5) is 14.1. The summed E-state index contributed by atoms with van der Waals surface area (Å²) in [6, 6.07) is 13.8. The Bertz CT molecular complexity index is 941. The van der Waals surface area contributed by atoms with Crippen LogP contribution in [0.5, 0.6) is 0 Å². The van der Waals surface area contributed by atoms with E-state index in [0.29, 0.717) is 6.54 Å². The van der Waals surface area contributed by atoms with Crippen molar-refractivity contribution in [3.63, 3.8) is 0 Å². The maximum Gasteiger partial charge on any atom is 0.255 e. The van der Waals surface area contributed by atoms with Crippen molar-refractivity contribution in [2.24, 2.45) is 5.10 Å². The first-order valence-corrected chi connectivity index (χ1v) is 10.4. The van der Waals surface area contributed by atoms with Gasteiger partial charge in [0.15, 0.2) is 0 Å². The van der Waals surface area contributed by atoms with E-state index in [9.17, 15) is 13.2 Å². The molecule has 0 radical (unpaired) electrons. The predicted octanol–water partition coefficient (Wildman–Crippen LogP) is 1.19. The van der Waals surface area contributed by atoms with Crippen molar-refractivity contribution in [1.82, 2.24) is 9.73 Å². The van der Waals surface area contributed by atoms with Crippen molar-refractivity contribution >= 4 is 27.8 Å². The van der Waals surface area contributed by atoms with Crippen molar-refractivity contribution in [3.8, 4) is 0 Å². The van der Waals surface area contributed by atoms with Crippen LogP contribution in [0.25, 0.3) is 0 Å². The van der Waals surface area contributed by atoms with Gasteiger partial charge in [0.2, 0.25) is 10.0 Å². The van der Waals surface area contributed by atoms with Crippen LogP contribution in [0.4, 0.5) is 5.69 Å². The number of carbonyl (C=O) groups excluding carboxylic acids is 1. The fraction of sp³-hybridized carbons (Fsp3) is 0.300. The molecule has 0 fully saturated rings. The average Bonchev–Trinajstić information content (AvgIpc) is 2.69. The molecule has 0 saturated heterocycles. The fourth-order valence-corrected chi connectivity index (χ4v) is 3.61. The van der Waals surface area contributed by atoms with E-state index in [4.69, 9.17) is 5.11 Å². The number of sulfonamides is 1. The van der Waals surface area contributed by atoms with Crippen LogP contribution >= 0.6 is 0 Å². The molecule has 0 heterocycles. The van der Waals surface area contributed by atoms with E-state index in [0.717, 1.165) is 21.1 Å². The number of amides is 1. The summed E-state index contributed by atoms with van der Waals surface area (Å²) < 4.78 is 26.0. The van der Waals surface area contributed by atoms with Crippen molar-refractivity contribution in [2.75, 3.05) is 38.7 Å². The van der Waals surface area contributed by atoms with Gasteiger partial charge in [0.25, 0.3) is 5.91 Å². The number of aliphatic hydroxyl groups excluding tert-OH is 1. The highest BCUT2D eigenvalue weighted by Crippen LogP contribution is 2.15. The number of aliphatic hydroxyl groups is 1. The van der Waals surface area contributed by atoms with Gasteiger partial charge in [0, 0.05) is 26.3 Å². The molecule has 0 aromatic heterocycles. The number of rotatable bonds is 9. The van der Waals surface area contributed by atoms with E-state index in [1.807, 2.05) is 43.1 Å². The molecule has 2 aromatic rings. The SMILES string of the molecule is Cc1ccc(S(=O)(=O)N(C)CC(=O)N/N=C/c2ccc(N(C)CCO)cc2)cc1.